The van der Waals surface area contributed by atoms with E-state index in [1.807, 2.05) is 24.3 Å². The monoisotopic (exact) mass is 507 g/mol. The summed E-state index contributed by atoms with van der Waals surface area (Å²) >= 11 is 0. The second-order valence-electron chi connectivity index (χ2n) is 10.6. The molecule has 2 atom stereocenters. The SMILES string of the molecule is O=C(OCC1c2ccccc2-c2ccccc21)N1C2CCCC1CC(O)(Cc1ccc(F)c(F)c1F)C2. The molecule has 2 unspecified atom stereocenters. The van der Waals surface area contributed by atoms with Gasteiger partial charge in [-0.15, -0.1) is 0 Å². The molecule has 1 N–H and O–H groups in total. The molecule has 3 aromatic rings. The first-order chi connectivity index (χ1) is 17.8. The smallest absolute Gasteiger partial charge is 0.410 e. The van der Waals surface area contributed by atoms with Crippen molar-refractivity contribution in [2.24, 2.45) is 0 Å². The molecule has 37 heavy (non-hydrogen) atoms. The molecule has 2 bridgehead atoms. The summed E-state index contributed by atoms with van der Waals surface area (Å²) in [6, 6.07) is 17.8. The first-order valence-electron chi connectivity index (χ1n) is 12.8. The Morgan fingerprint density at radius 1 is 0.892 bits per heavy atom. The van der Waals surface area contributed by atoms with Gasteiger partial charge in [-0.2, -0.15) is 0 Å². The fourth-order valence-corrected chi connectivity index (χ4v) is 6.69. The van der Waals surface area contributed by atoms with Crippen molar-refractivity contribution in [3.05, 3.63) is 94.8 Å². The van der Waals surface area contributed by atoms with Crippen LogP contribution in [0, 0.1) is 17.5 Å². The van der Waals surface area contributed by atoms with Gasteiger partial charge in [-0.3, -0.25) is 0 Å². The van der Waals surface area contributed by atoms with Gasteiger partial charge >= 0.3 is 6.09 Å². The molecule has 2 saturated heterocycles. The topological polar surface area (TPSA) is 49.8 Å². The third kappa shape index (κ3) is 4.19. The number of fused-ring (bicyclic) bond motifs is 5. The number of rotatable bonds is 4. The van der Waals surface area contributed by atoms with Crippen LogP contribution in [-0.4, -0.2) is 40.4 Å². The number of ether oxygens (including phenoxy) is 1. The number of hydrogen-bond donors (Lipinski definition) is 1. The number of amides is 1. The summed E-state index contributed by atoms with van der Waals surface area (Å²) in [4.78, 5) is 15.1. The Morgan fingerprint density at radius 3 is 2.11 bits per heavy atom. The van der Waals surface area contributed by atoms with Gasteiger partial charge in [0.05, 0.1) is 5.60 Å². The highest BCUT2D eigenvalue weighted by Gasteiger charge is 2.48. The normalized spacial score (nSPS) is 24.5. The summed E-state index contributed by atoms with van der Waals surface area (Å²) in [6.07, 6.45) is 2.22. The van der Waals surface area contributed by atoms with Crippen LogP contribution in [0.5, 0.6) is 0 Å². The van der Waals surface area contributed by atoms with Crippen LogP contribution in [0.15, 0.2) is 60.7 Å². The molecule has 6 rings (SSSR count). The molecule has 0 saturated carbocycles. The minimum Gasteiger partial charge on any atom is -0.448 e. The van der Waals surface area contributed by atoms with Crippen LogP contribution in [0.1, 0.15) is 54.7 Å². The lowest BCUT2D eigenvalue weighted by atomic mass is 9.73. The molecule has 1 aliphatic carbocycles. The van der Waals surface area contributed by atoms with Gasteiger partial charge in [0.1, 0.15) is 6.61 Å². The molecule has 192 valence electrons. The Balaban J connectivity index is 1.17. The van der Waals surface area contributed by atoms with Crippen molar-refractivity contribution in [1.29, 1.82) is 0 Å². The summed E-state index contributed by atoms with van der Waals surface area (Å²) in [5, 5.41) is 11.4. The molecule has 0 radical (unpaired) electrons. The third-order valence-electron chi connectivity index (χ3n) is 8.27. The molecule has 0 spiro atoms. The average Bonchev–Trinajstić information content (AvgIpc) is 3.21. The summed E-state index contributed by atoms with van der Waals surface area (Å²) < 4.78 is 47.4. The Bertz CT molecular complexity index is 1300. The zero-order valence-electron chi connectivity index (χ0n) is 20.3. The second kappa shape index (κ2) is 9.21. The van der Waals surface area contributed by atoms with E-state index in [4.69, 9.17) is 4.74 Å². The standard InChI is InChI=1S/C30H28F3NO3/c31-26-13-12-18(27(32)28(26)33)14-30(36)15-19-6-5-7-20(16-30)34(19)29(35)37-17-25-23-10-3-1-8-21(23)22-9-2-4-11-24(22)25/h1-4,8-13,19-20,25,36H,5-7,14-17H2. The van der Waals surface area contributed by atoms with Crippen molar-refractivity contribution in [2.45, 2.75) is 62.1 Å². The maximum Gasteiger partial charge on any atom is 0.410 e. The lowest BCUT2D eigenvalue weighted by molar-refractivity contribution is -0.0844. The highest BCUT2D eigenvalue weighted by Crippen LogP contribution is 2.45. The van der Waals surface area contributed by atoms with Crippen molar-refractivity contribution < 1.29 is 27.8 Å². The Labute approximate surface area is 213 Å². The summed E-state index contributed by atoms with van der Waals surface area (Å²) in [5.41, 5.74) is 3.21. The number of benzene rings is 3. The summed E-state index contributed by atoms with van der Waals surface area (Å²) in [6.45, 7) is 0.215. The molecule has 4 nitrogen and oxygen atoms in total. The van der Waals surface area contributed by atoms with Gasteiger partial charge in [0.2, 0.25) is 0 Å². The lowest BCUT2D eigenvalue weighted by Gasteiger charge is -2.51. The largest absolute Gasteiger partial charge is 0.448 e. The first-order valence-corrected chi connectivity index (χ1v) is 12.8. The van der Waals surface area contributed by atoms with Crippen molar-refractivity contribution >= 4 is 6.09 Å². The number of hydrogen-bond acceptors (Lipinski definition) is 3. The molecule has 1 amide bonds. The van der Waals surface area contributed by atoms with E-state index in [0.717, 1.165) is 34.7 Å². The maximum atomic E-state index is 14.3. The molecule has 7 heteroatoms. The molecular weight excluding hydrogens is 479 g/mol. The van der Waals surface area contributed by atoms with Gasteiger partial charge in [0.25, 0.3) is 0 Å². The Morgan fingerprint density at radius 2 is 1.49 bits per heavy atom. The van der Waals surface area contributed by atoms with Crippen molar-refractivity contribution in [3.8, 4) is 11.1 Å². The maximum absolute atomic E-state index is 14.3. The predicted octanol–water partition coefficient (Wildman–Crippen LogP) is 6.34. The molecular formula is C30H28F3NO3. The number of carbonyl (C=O) groups excluding carboxylic acids is 1. The second-order valence-corrected chi connectivity index (χ2v) is 10.6. The minimum atomic E-state index is -1.53. The van der Waals surface area contributed by atoms with E-state index in [1.165, 1.54) is 6.07 Å². The quantitative estimate of drug-likeness (QED) is 0.419. The molecule has 0 aromatic heterocycles. The number of aliphatic hydroxyl groups is 1. The fourth-order valence-electron chi connectivity index (χ4n) is 6.69. The van der Waals surface area contributed by atoms with E-state index < -0.39 is 29.1 Å². The van der Waals surface area contributed by atoms with E-state index in [0.29, 0.717) is 12.8 Å². The highest BCUT2D eigenvalue weighted by molar-refractivity contribution is 5.79. The number of halogens is 3. The summed E-state index contributed by atoms with van der Waals surface area (Å²) in [5.74, 6) is -4.10. The zero-order chi connectivity index (χ0) is 25.7. The van der Waals surface area contributed by atoms with Gasteiger partial charge in [-0.05, 0) is 66.0 Å². The van der Waals surface area contributed by atoms with E-state index in [-0.39, 0.29) is 49.4 Å². The van der Waals surface area contributed by atoms with E-state index in [1.54, 1.807) is 4.90 Å². The van der Waals surface area contributed by atoms with Crippen LogP contribution >= 0.6 is 0 Å². The number of carbonyl (C=O) groups is 1. The highest BCUT2D eigenvalue weighted by atomic mass is 19.2. The molecule has 3 aromatic carbocycles. The van der Waals surface area contributed by atoms with Crippen molar-refractivity contribution in [2.75, 3.05) is 6.61 Å². The van der Waals surface area contributed by atoms with E-state index in [2.05, 4.69) is 24.3 Å². The van der Waals surface area contributed by atoms with E-state index in [9.17, 15) is 23.1 Å². The lowest BCUT2D eigenvalue weighted by Crippen LogP contribution is -2.60. The van der Waals surface area contributed by atoms with Crippen molar-refractivity contribution in [3.63, 3.8) is 0 Å². The molecule has 2 aliphatic heterocycles. The minimum absolute atomic E-state index is 0.0470. The Hall–Kier alpha value is -3.32. The van der Waals surface area contributed by atoms with Crippen LogP contribution in [0.25, 0.3) is 11.1 Å². The molecule has 2 heterocycles. The predicted molar refractivity (Wildman–Crippen MR) is 133 cm³/mol. The fraction of sp³-hybridized carbons (Fsp3) is 0.367. The first kappa shape index (κ1) is 24.0. The van der Waals surface area contributed by atoms with Gasteiger partial charge in [0.15, 0.2) is 17.5 Å². The third-order valence-corrected chi connectivity index (χ3v) is 8.27. The van der Waals surface area contributed by atoms with Gasteiger partial charge in [0, 0.05) is 24.4 Å². The molecule has 3 aliphatic rings. The van der Waals surface area contributed by atoms with Crippen molar-refractivity contribution in [1.82, 2.24) is 4.90 Å². The molecule has 2 fully saturated rings. The number of nitrogens with zero attached hydrogens (tertiary/aromatic N) is 1. The number of piperidine rings is 2. The average molecular weight is 508 g/mol. The van der Waals surface area contributed by atoms with Crippen LogP contribution in [0.3, 0.4) is 0 Å². The van der Waals surface area contributed by atoms with Crippen LogP contribution in [-0.2, 0) is 11.2 Å². The van der Waals surface area contributed by atoms with Gasteiger partial charge in [-0.1, -0.05) is 54.6 Å². The van der Waals surface area contributed by atoms with Gasteiger partial charge in [-0.25, -0.2) is 18.0 Å². The summed E-state index contributed by atoms with van der Waals surface area (Å²) in [7, 11) is 0. The van der Waals surface area contributed by atoms with E-state index >= 15 is 0 Å². The van der Waals surface area contributed by atoms with Gasteiger partial charge < -0.3 is 14.7 Å². The van der Waals surface area contributed by atoms with Crippen LogP contribution < -0.4 is 0 Å². The Kier molecular flexibility index (Phi) is 5.98. The zero-order valence-corrected chi connectivity index (χ0v) is 20.3. The van der Waals surface area contributed by atoms with Crippen LogP contribution in [0.2, 0.25) is 0 Å². The van der Waals surface area contributed by atoms with Crippen LogP contribution in [0.4, 0.5) is 18.0 Å².